The van der Waals surface area contributed by atoms with Crippen molar-refractivity contribution in [1.29, 1.82) is 0 Å². The lowest BCUT2D eigenvalue weighted by Gasteiger charge is -2.27. The topological polar surface area (TPSA) is 8.17 Å². The molecular formula is C40H28N2. The molecule has 8 aromatic rings. The Hall–Kier alpha value is -5.60. The Morgan fingerprint density at radius 3 is 1.83 bits per heavy atom. The molecule has 2 nitrogen and oxygen atoms in total. The van der Waals surface area contributed by atoms with Crippen LogP contribution in [0.5, 0.6) is 0 Å². The number of aromatic nitrogens is 1. The summed E-state index contributed by atoms with van der Waals surface area (Å²) in [6, 6.07) is 58.9. The zero-order chi connectivity index (χ0) is 27.9. The van der Waals surface area contributed by atoms with Crippen LogP contribution < -0.4 is 4.90 Å². The lowest BCUT2D eigenvalue weighted by molar-refractivity contribution is 1.13. The van der Waals surface area contributed by atoms with Crippen LogP contribution in [0.1, 0.15) is 0 Å². The van der Waals surface area contributed by atoms with Gasteiger partial charge in [0, 0.05) is 28.6 Å². The van der Waals surface area contributed by atoms with Crippen LogP contribution in [0.3, 0.4) is 0 Å². The molecule has 2 heteroatoms. The third-order valence-electron chi connectivity index (χ3n) is 8.20. The number of nitrogens with zero attached hydrogens (tertiary/aromatic N) is 2. The molecule has 0 bridgehead atoms. The fourth-order valence-electron chi connectivity index (χ4n) is 6.07. The monoisotopic (exact) mass is 536 g/mol. The molecule has 198 valence electrons. The molecule has 0 unspecified atom stereocenters. The molecule has 0 spiro atoms. The molecule has 7 aromatic carbocycles. The van der Waals surface area contributed by atoms with Gasteiger partial charge in [0.25, 0.3) is 0 Å². The molecule has 0 atom stereocenters. The van der Waals surface area contributed by atoms with Crippen LogP contribution in [0.2, 0.25) is 0 Å². The zero-order valence-corrected chi connectivity index (χ0v) is 23.1. The van der Waals surface area contributed by atoms with Gasteiger partial charge in [0.05, 0.1) is 11.2 Å². The molecule has 0 fully saturated rings. The lowest BCUT2D eigenvalue weighted by atomic mass is 10.0. The van der Waals surface area contributed by atoms with Crippen LogP contribution in [0.25, 0.3) is 49.3 Å². The number of anilines is 3. The van der Waals surface area contributed by atoms with E-state index in [1.165, 1.54) is 49.3 Å². The Labute approximate surface area is 245 Å². The third-order valence-corrected chi connectivity index (χ3v) is 8.20. The fraction of sp³-hybridized carbons (Fsp3) is 0. The second kappa shape index (κ2) is 10.1. The van der Waals surface area contributed by atoms with E-state index in [1.54, 1.807) is 0 Å². The predicted octanol–water partition coefficient (Wildman–Crippen LogP) is 11.1. The minimum absolute atomic E-state index is 1.13. The van der Waals surface area contributed by atoms with Crippen LogP contribution in [-0.2, 0) is 0 Å². The summed E-state index contributed by atoms with van der Waals surface area (Å²) in [7, 11) is 0. The van der Waals surface area contributed by atoms with Gasteiger partial charge in [-0.2, -0.15) is 0 Å². The van der Waals surface area contributed by atoms with Gasteiger partial charge in [-0.3, -0.25) is 0 Å². The van der Waals surface area contributed by atoms with Crippen LogP contribution in [0.4, 0.5) is 17.1 Å². The normalized spacial score (nSPS) is 11.3. The summed E-state index contributed by atoms with van der Waals surface area (Å²) in [4.78, 5) is 2.37. The van der Waals surface area contributed by atoms with Crippen LogP contribution in [-0.4, -0.2) is 4.57 Å². The Kier molecular flexibility index (Phi) is 5.82. The van der Waals surface area contributed by atoms with E-state index in [1.807, 2.05) is 0 Å². The van der Waals surface area contributed by atoms with E-state index < -0.39 is 0 Å². The van der Waals surface area contributed by atoms with Gasteiger partial charge in [-0.05, 0) is 87.3 Å². The predicted molar refractivity (Wildman–Crippen MR) is 178 cm³/mol. The maximum atomic E-state index is 2.37. The molecule has 0 amide bonds. The Morgan fingerprint density at radius 2 is 1.02 bits per heavy atom. The molecular weight excluding hydrogens is 508 g/mol. The summed E-state index contributed by atoms with van der Waals surface area (Å²) in [6.07, 6.45) is 2.14. The summed E-state index contributed by atoms with van der Waals surface area (Å²) in [5.41, 5.74) is 8.21. The second-order valence-electron chi connectivity index (χ2n) is 10.7. The van der Waals surface area contributed by atoms with Crippen molar-refractivity contribution in [2.24, 2.45) is 0 Å². The lowest BCUT2D eigenvalue weighted by Crippen LogP contribution is -2.10. The Morgan fingerprint density at radius 1 is 0.405 bits per heavy atom. The van der Waals surface area contributed by atoms with Crippen molar-refractivity contribution < 1.29 is 0 Å². The van der Waals surface area contributed by atoms with Gasteiger partial charge in [-0.25, -0.2) is 0 Å². The number of rotatable bonds is 5. The highest BCUT2D eigenvalue weighted by molar-refractivity contribution is 6.00. The molecule has 0 radical (unpaired) electrons. The van der Waals surface area contributed by atoms with E-state index in [4.69, 9.17) is 0 Å². The summed E-state index contributed by atoms with van der Waals surface area (Å²) in [5, 5.41) is 6.18. The number of benzene rings is 7. The first-order valence-corrected chi connectivity index (χ1v) is 14.4. The number of para-hydroxylation sites is 1. The van der Waals surface area contributed by atoms with Crippen molar-refractivity contribution in [2.75, 3.05) is 4.90 Å². The van der Waals surface area contributed by atoms with E-state index in [0.29, 0.717) is 0 Å². The molecule has 42 heavy (non-hydrogen) atoms. The number of hydrogen-bond donors (Lipinski definition) is 0. The first-order valence-electron chi connectivity index (χ1n) is 14.4. The van der Waals surface area contributed by atoms with Gasteiger partial charge in [0.1, 0.15) is 0 Å². The second-order valence-corrected chi connectivity index (χ2v) is 10.7. The fourth-order valence-corrected chi connectivity index (χ4v) is 6.07. The number of hydrogen-bond acceptors (Lipinski definition) is 1. The van der Waals surface area contributed by atoms with E-state index >= 15 is 0 Å². The van der Waals surface area contributed by atoms with Crippen LogP contribution in [0.15, 0.2) is 170 Å². The van der Waals surface area contributed by atoms with Crippen molar-refractivity contribution in [1.82, 2.24) is 4.57 Å². The standard InChI is InChI=1S/C40H28N2/c1-2-11-34-28-37(25-20-29(34)8-1)42(40-15-7-12-32-9-3-5-13-38(32)40)36-23-18-31(19-24-36)30-16-21-35(22-17-30)41-27-26-33-10-4-6-14-39(33)41/h1-28H. The van der Waals surface area contributed by atoms with Gasteiger partial charge in [-0.15, -0.1) is 0 Å². The Bertz CT molecular complexity index is 2180. The van der Waals surface area contributed by atoms with Gasteiger partial charge in [0.15, 0.2) is 0 Å². The summed E-state index contributed by atoms with van der Waals surface area (Å²) >= 11 is 0. The van der Waals surface area contributed by atoms with E-state index in [0.717, 1.165) is 17.1 Å². The smallest absolute Gasteiger partial charge is 0.0540 e. The molecule has 0 saturated carbocycles. The number of fused-ring (bicyclic) bond motifs is 3. The van der Waals surface area contributed by atoms with Crippen LogP contribution >= 0.6 is 0 Å². The first-order chi connectivity index (χ1) is 20.8. The molecule has 0 N–H and O–H groups in total. The zero-order valence-electron chi connectivity index (χ0n) is 23.1. The molecule has 1 aromatic heterocycles. The maximum absolute atomic E-state index is 2.37. The van der Waals surface area contributed by atoms with Gasteiger partial charge in [-0.1, -0.05) is 109 Å². The Balaban J connectivity index is 1.19. The molecule has 0 aliphatic heterocycles. The third kappa shape index (κ3) is 4.22. The first kappa shape index (κ1) is 24.2. The molecule has 1 heterocycles. The SMILES string of the molecule is c1ccc2cc(N(c3ccc(-c4ccc(-n5ccc6ccccc65)cc4)cc3)c3cccc4ccccc34)ccc2c1. The highest BCUT2D eigenvalue weighted by atomic mass is 15.1. The summed E-state index contributed by atoms with van der Waals surface area (Å²) in [6.45, 7) is 0. The van der Waals surface area contributed by atoms with Crippen LogP contribution in [0, 0.1) is 0 Å². The van der Waals surface area contributed by atoms with Gasteiger partial charge in [0.2, 0.25) is 0 Å². The highest BCUT2D eigenvalue weighted by Gasteiger charge is 2.16. The largest absolute Gasteiger partial charge is 0.317 e. The average Bonchev–Trinajstić information content (AvgIpc) is 3.50. The maximum Gasteiger partial charge on any atom is 0.0540 e. The molecule has 0 aliphatic carbocycles. The average molecular weight is 537 g/mol. The van der Waals surface area contributed by atoms with Crippen molar-refractivity contribution in [3.63, 3.8) is 0 Å². The minimum atomic E-state index is 1.13. The quantitative estimate of drug-likeness (QED) is 0.212. The van der Waals surface area contributed by atoms with Crippen molar-refractivity contribution in [3.8, 4) is 16.8 Å². The van der Waals surface area contributed by atoms with E-state index in [9.17, 15) is 0 Å². The summed E-state index contributed by atoms with van der Waals surface area (Å²) < 4.78 is 2.24. The van der Waals surface area contributed by atoms with Gasteiger partial charge < -0.3 is 9.47 Å². The van der Waals surface area contributed by atoms with E-state index in [-0.39, 0.29) is 0 Å². The molecule has 0 aliphatic rings. The summed E-state index contributed by atoms with van der Waals surface area (Å²) in [5.74, 6) is 0. The molecule has 0 saturated heterocycles. The van der Waals surface area contributed by atoms with Crippen molar-refractivity contribution >= 4 is 49.5 Å². The van der Waals surface area contributed by atoms with Crippen molar-refractivity contribution in [2.45, 2.75) is 0 Å². The van der Waals surface area contributed by atoms with Crippen molar-refractivity contribution in [3.05, 3.63) is 170 Å². The highest BCUT2D eigenvalue weighted by Crippen LogP contribution is 2.40. The van der Waals surface area contributed by atoms with E-state index in [2.05, 4.69) is 179 Å². The molecule has 8 rings (SSSR count). The minimum Gasteiger partial charge on any atom is -0.317 e. The van der Waals surface area contributed by atoms with Gasteiger partial charge >= 0.3 is 0 Å².